The Balaban J connectivity index is 1.28. The minimum absolute atomic E-state index is 0.198. The van der Waals surface area contributed by atoms with Gasteiger partial charge in [0.1, 0.15) is 5.75 Å². The second-order valence-corrected chi connectivity index (χ2v) is 15.5. The van der Waals surface area contributed by atoms with Gasteiger partial charge in [-0.25, -0.2) is 9.67 Å². The third-order valence-electron chi connectivity index (χ3n) is 11.1. The third kappa shape index (κ3) is 9.30. The van der Waals surface area contributed by atoms with Gasteiger partial charge < -0.3 is 30.7 Å². The van der Waals surface area contributed by atoms with E-state index in [0.29, 0.717) is 49.6 Å². The van der Waals surface area contributed by atoms with Crippen LogP contribution in [0.4, 0.5) is 5.69 Å². The zero-order valence-corrected chi connectivity index (χ0v) is 33.9. The molecule has 0 spiro atoms. The predicted octanol–water partition coefficient (Wildman–Crippen LogP) is 6.40. The van der Waals surface area contributed by atoms with Gasteiger partial charge in [0, 0.05) is 86.4 Å². The second-order valence-electron chi connectivity index (χ2n) is 15.5. The number of amides is 2. The van der Waals surface area contributed by atoms with Crippen molar-refractivity contribution in [2.75, 3.05) is 38.7 Å². The minimum atomic E-state index is -0.587. The molecule has 2 saturated heterocycles. The minimum Gasteiger partial charge on any atom is -0.497 e. The molecule has 57 heavy (non-hydrogen) atoms. The number of hydrogen-bond acceptors (Lipinski definition) is 9. The van der Waals surface area contributed by atoms with E-state index in [2.05, 4.69) is 84.7 Å². The molecule has 2 fully saturated rings. The zero-order chi connectivity index (χ0) is 40.1. The predicted molar refractivity (Wildman–Crippen MR) is 224 cm³/mol. The smallest absolute Gasteiger partial charge is 0.254 e. The molecule has 5 aromatic rings. The van der Waals surface area contributed by atoms with E-state index in [9.17, 15) is 9.59 Å². The van der Waals surface area contributed by atoms with Crippen LogP contribution in [-0.4, -0.2) is 87.9 Å². The first-order valence-corrected chi connectivity index (χ1v) is 20.3. The Morgan fingerprint density at radius 2 is 1.68 bits per heavy atom. The van der Waals surface area contributed by atoms with Crippen molar-refractivity contribution in [1.82, 2.24) is 29.9 Å². The first kappa shape index (κ1) is 39.9. The summed E-state index contributed by atoms with van der Waals surface area (Å²) in [4.78, 5) is 36.5. The molecule has 3 aromatic carbocycles. The highest BCUT2D eigenvalue weighted by Gasteiger charge is 2.27. The van der Waals surface area contributed by atoms with Crippen molar-refractivity contribution >= 4 is 28.5 Å². The van der Waals surface area contributed by atoms with Crippen molar-refractivity contribution < 1.29 is 19.1 Å². The number of rotatable bonds is 14. The molecule has 2 atom stereocenters. The number of pyridine rings is 1. The quantitative estimate of drug-likeness (QED) is 0.117. The highest BCUT2D eigenvalue weighted by molar-refractivity contribution is 5.99. The number of aryl methyl sites for hydroxylation is 2. The van der Waals surface area contributed by atoms with Crippen LogP contribution < -0.4 is 21.1 Å². The van der Waals surface area contributed by atoms with E-state index in [1.54, 1.807) is 31.4 Å². The van der Waals surface area contributed by atoms with Gasteiger partial charge >= 0.3 is 0 Å². The number of hydrogen-bond donors (Lipinski definition) is 3. The molecular weight excluding hydrogens is 717 g/mol. The number of carbonyl (C=O) groups excluding carboxylic acids is 2. The Hall–Kier alpha value is -5.30. The summed E-state index contributed by atoms with van der Waals surface area (Å²) in [5, 5.41) is 13.1. The lowest BCUT2D eigenvalue weighted by Crippen LogP contribution is -2.53. The van der Waals surface area contributed by atoms with Gasteiger partial charge in [0.2, 0.25) is 5.91 Å². The molecule has 2 aliphatic heterocycles. The highest BCUT2D eigenvalue weighted by atomic mass is 16.5. The molecule has 0 bridgehead atoms. The van der Waals surface area contributed by atoms with Gasteiger partial charge in [0.25, 0.3) is 5.91 Å². The normalized spacial score (nSPS) is 17.8. The number of nitrogens with one attached hydrogen (secondary N) is 2. The molecule has 2 aliphatic rings. The number of anilines is 1. The number of aromatic nitrogens is 3. The molecule has 300 valence electrons. The van der Waals surface area contributed by atoms with Crippen molar-refractivity contribution in [3.05, 3.63) is 106 Å². The van der Waals surface area contributed by atoms with E-state index in [4.69, 9.17) is 20.2 Å². The van der Waals surface area contributed by atoms with Crippen molar-refractivity contribution in [3.63, 3.8) is 0 Å². The largest absolute Gasteiger partial charge is 0.497 e. The maximum atomic E-state index is 14.8. The molecule has 0 saturated carbocycles. The van der Waals surface area contributed by atoms with E-state index < -0.39 is 5.91 Å². The van der Waals surface area contributed by atoms with Gasteiger partial charge in [-0.05, 0) is 105 Å². The summed E-state index contributed by atoms with van der Waals surface area (Å²) in [5.41, 5.74) is 14.2. The number of primary amides is 1. The number of fused-ring (bicyclic) bond motifs is 1. The lowest BCUT2D eigenvalue weighted by atomic mass is 9.99. The molecule has 12 nitrogen and oxygen atoms in total. The monoisotopic (exact) mass is 772 g/mol. The van der Waals surface area contributed by atoms with E-state index in [-0.39, 0.29) is 30.6 Å². The van der Waals surface area contributed by atoms with E-state index in [1.807, 2.05) is 21.8 Å². The average molecular weight is 773 g/mol. The van der Waals surface area contributed by atoms with Gasteiger partial charge in [0.05, 0.1) is 30.9 Å². The molecule has 2 aromatic heterocycles. The van der Waals surface area contributed by atoms with Gasteiger partial charge in [-0.2, -0.15) is 5.10 Å². The van der Waals surface area contributed by atoms with Gasteiger partial charge in [-0.15, -0.1) is 0 Å². The molecule has 0 aliphatic carbocycles. The fourth-order valence-electron chi connectivity index (χ4n) is 8.39. The van der Waals surface area contributed by atoms with Crippen LogP contribution in [0.25, 0.3) is 22.2 Å². The number of benzene rings is 3. The fourth-order valence-corrected chi connectivity index (χ4v) is 8.39. The molecule has 4 N–H and O–H groups in total. The average Bonchev–Trinajstić information content (AvgIpc) is 3.63. The Labute approximate surface area is 335 Å². The molecule has 0 unspecified atom stereocenters. The summed E-state index contributed by atoms with van der Waals surface area (Å²) >= 11 is 0. The second kappa shape index (κ2) is 17.9. The first-order chi connectivity index (χ1) is 27.6. The number of methoxy groups -OCH3 is 1. The van der Waals surface area contributed by atoms with Crippen LogP contribution >= 0.6 is 0 Å². The number of piperazine rings is 1. The Morgan fingerprint density at radius 3 is 2.40 bits per heavy atom. The lowest BCUT2D eigenvalue weighted by molar-refractivity contribution is 0.0729. The first-order valence-electron chi connectivity index (χ1n) is 20.3. The van der Waals surface area contributed by atoms with Gasteiger partial charge in [-0.3, -0.25) is 14.5 Å². The van der Waals surface area contributed by atoms with E-state index >= 15 is 0 Å². The molecule has 4 heterocycles. The summed E-state index contributed by atoms with van der Waals surface area (Å²) in [6, 6.07) is 22.6. The molecular formula is C45H56N8O4. The standard InChI is InChI=1S/C45H56N8O4/c1-6-41-40(42(49-37-14-16-57-17-15-37)39-23-47-53(7-2)44(39)50-41)28-52(45(55)35-13-9-12-34(21-35)43(46)54)27-32-19-36(22-38(20-32)56-5)33-11-8-10-31(18-33)26-51-24-29(3)48-30(4)25-51/h8-13,18-23,29-30,37,48H,6-7,14-17,24-28H2,1-5H3,(H2,46,54)(H,49,50)/t29-,30+. The lowest BCUT2D eigenvalue weighted by Gasteiger charge is -2.36. The summed E-state index contributed by atoms with van der Waals surface area (Å²) < 4.78 is 13.5. The van der Waals surface area contributed by atoms with E-state index in [1.165, 1.54) is 5.56 Å². The van der Waals surface area contributed by atoms with Crippen LogP contribution in [0.3, 0.4) is 0 Å². The van der Waals surface area contributed by atoms with Crippen molar-refractivity contribution in [1.29, 1.82) is 0 Å². The van der Waals surface area contributed by atoms with Gasteiger partial charge in [-0.1, -0.05) is 31.2 Å². The Morgan fingerprint density at radius 1 is 0.947 bits per heavy atom. The third-order valence-corrected chi connectivity index (χ3v) is 11.1. The maximum Gasteiger partial charge on any atom is 0.254 e. The van der Waals surface area contributed by atoms with Crippen molar-refractivity contribution in [2.24, 2.45) is 5.73 Å². The summed E-state index contributed by atoms with van der Waals surface area (Å²) in [7, 11) is 1.67. The van der Waals surface area contributed by atoms with Crippen LogP contribution in [0.1, 0.15) is 83.6 Å². The van der Waals surface area contributed by atoms with Gasteiger partial charge in [0.15, 0.2) is 5.65 Å². The highest BCUT2D eigenvalue weighted by Crippen LogP contribution is 2.34. The topological polar surface area (TPSA) is 140 Å². The molecule has 2 amide bonds. The number of nitrogens with zero attached hydrogens (tertiary/aromatic N) is 5. The van der Waals surface area contributed by atoms with Crippen molar-refractivity contribution in [2.45, 2.75) is 91.3 Å². The SMILES string of the molecule is CCc1nc2c(cnn2CC)c(NC2CCOCC2)c1CN(Cc1cc(OC)cc(-c2cccc(CN3C[C@@H](C)N[C@@H](C)C3)c2)c1)C(=O)c1cccc(C(N)=O)c1. The summed E-state index contributed by atoms with van der Waals surface area (Å²) in [6.07, 6.45) is 4.28. The van der Waals surface area contributed by atoms with Crippen LogP contribution in [0.2, 0.25) is 0 Å². The maximum absolute atomic E-state index is 14.8. The molecule has 12 heteroatoms. The zero-order valence-electron chi connectivity index (χ0n) is 33.9. The van der Waals surface area contributed by atoms with Crippen LogP contribution in [-0.2, 0) is 37.3 Å². The van der Waals surface area contributed by atoms with Crippen LogP contribution in [0, 0.1) is 0 Å². The summed E-state index contributed by atoms with van der Waals surface area (Å²) in [5.74, 6) is -0.116. The number of nitrogens with two attached hydrogens (primary N) is 1. The Bertz CT molecular complexity index is 2200. The van der Waals surface area contributed by atoms with Crippen molar-refractivity contribution in [3.8, 4) is 16.9 Å². The molecule has 7 rings (SSSR count). The van der Waals surface area contributed by atoms with E-state index in [0.717, 1.165) is 77.1 Å². The summed E-state index contributed by atoms with van der Waals surface area (Å²) in [6.45, 7) is 14.1. The fraction of sp³-hybridized carbons (Fsp3) is 0.422. The Kier molecular flexibility index (Phi) is 12.5. The number of ether oxygens (including phenoxy) is 2. The number of carbonyl (C=O) groups is 2. The van der Waals surface area contributed by atoms with Crippen LogP contribution in [0.15, 0.2) is 72.9 Å². The molecule has 0 radical (unpaired) electrons. The van der Waals surface area contributed by atoms with Crippen LogP contribution in [0.5, 0.6) is 5.75 Å².